The molecule has 0 unspecified atom stereocenters. The van der Waals surface area contributed by atoms with E-state index in [4.69, 9.17) is 5.11 Å². The number of aryl methyl sites for hydroxylation is 2. The van der Waals surface area contributed by atoms with E-state index in [1.165, 1.54) is 62.5 Å². The monoisotopic (exact) mass is 336 g/mol. The molecule has 1 aliphatic rings. The molecule has 0 atom stereocenters. The summed E-state index contributed by atoms with van der Waals surface area (Å²) in [7, 11) is 0. The highest BCUT2D eigenvalue weighted by atomic mass is 16.3. The van der Waals surface area contributed by atoms with Crippen LogP contribution in [0.4, 0.5) is 0 Å². The molecule has 3 rings (SSSR count). The third-order valence-corrected chi connectivity index (χ3v) is 5.88. The Morgan fingerprint density at radius 2 is 1.32 bits per heavy atom. The fourth-order valence-corrected chi connectivity index (χ4v) is 4.21. The number of benzene rings is 2. The van der Waals surface area contributed by atoms with Gasteiger partial charge in [-0.25, -0.2) is 0 Å². The summed E-state index contributed by atoms with van der Waals surface area (Å²) < 4.78 is 0. The van der Waals surface area contributed by atoms with Gasteiger partial charge in [-0.1, -0.05) is 61.9 Å². The van der Waals surface area contributed by atoms with Gasteiger partial charge >= 0.3 is 0 Å². The van der Waals surface area contributed by atoms with Crippen LogP contribution in [0.25, 0.3) is 0 Å². The molecule has 0 saturated heterocycles. The van der Waals surface area contributed by atoms with Crippen LogP contribution in [0, 0.1) is 5.92 Å². The Labute approximate surface area is 153 Å². The van der Waals surface area contributed by atoms with E-state index in [9.17, 15) is 0 Å². The first-order valence-corrected chi connectivity index (χ1v) is 10.1. The average molecular weight is 337 g/mol. The summed E-state index contributed by atoms with van der Waals surface area (Å²) in [6.07, 6.45) is 10.3. The lowest BCUT2D eigenvalue weighted by Gasteiger charge is -2.29. The summed E-state index contributed by atoms with van der Waals surface area (Å²) >= 11 is 0. The maximum absolute atomic E-state index is 9.12. The molecular formula is C24H32O. The lowest BCUT2D eigenvalue weighted by molar-refractivity contribution is 0.282. The normalized spacial score (nSPS) is 20.6. The molecule has 0 heterocycles. The van der Waals surface area contributed by atoms with E-state index in [0.717, 1.165) is 17.4 Å². The fraction of sp³-hybridized carbons (Fsp3) is 0.500. The van der Waals surface area contributed by atoms with Crippen LogP contribution in [0.2, 0.25) is 0 Å². The van der Waals surface area contributed by atoms with Gasteiger partial charge in [0.15, 0.2) is 0 Å². The van der Waals surface area contributed by atoms with Gasteiger partial charge in [0, 0.05) is 0 Å². The molecule has 0 spiro atoms. The molecule has 0 bridgehead atoms. The van der Waals surface area contributed by atoms with Crippen molar-refractivity contribution in [3.8, 4) is 0 Å². The van der Waals surface area contributed by atoms with Gasteiger partial charge in [0.1, 0.15) is 0 Å². The van der Waals surface area contributed by atoms with Crippen molar-refractivity contribution in [1.82, 2.24) is 0 Å². The van der Waals surface area contributed by atoms with Gasteiger partial charge in [0.2, 0.25) is 0 Å². The second kappa shape index (κ2) is 9.20. The second-order valence-corrected chi connectivity index (χ2v) is 7.72. The van der Waals surface area contributed by atoms with Gasteiger partial charge in [-0.05, 0) is 79.0 Å². The maximum atomic E-state index is 9.12. The van der Waals surface area contributed by atoms with Gasteiger partial charge in [0.25, 0.3) is 0 Å². The Bertz CT molecular complexity index is 618. The second-order valence-electron chi connectivity index (χ2n) is 7.72. The SMILES string of the molecule is CCCc1ccc(C2CCC(CCc3ccc(CO)cc3)CC2)cc1. The summed E-state index contributed by atoms with van der Waals surface area (Å²) in [6, 6.07) is 17.9. The third-order valence-electron chi connectivity index (χ3n) is 5.88. The van der Waals surface area contributed by atoms with Crippen LogP contribution in [0.5, 0.6) is 0 Å². The summed E-state index contributed by atoms with van der Waals surface area (Å²) in [6.45, 7) is 2.39. The third kappa shape index (κ3) is 5.19. The van der Waals surface area contributed by atoms with Crippen molar-refractivity contribution in [2.75, 3.05) is 0 Å². The topological polar surface area (TPSA) is 20.2 Å². The smallest absolute Gasteiger partial charge is 0.0681 e. The van der Waals surface area contributed by atoms with Gasteiger partial charge < -0.3 is 5.11 Å². The number of aliphatic hydroxyl groups is 1. The molecule has 1 N–H and O–H groups in total. The highest BCUT2D eigenvalue weighted by Gasteiger charge is 2.22. The summed E-state index contributed by atoms with van der Waals surface area (Å²) in [5.74, 6) is 1.66. The number of rotatable bonds is 7. The first kappa shape index (κ1) is 18.2. The first-order chi connectivity index (χ1) is 12.3. The molecule has 1 saturated carbocycles. The Hall–Kier alpha value is -1.60. The van der Waals surface area contributed by atoms with Crippen LogP contribution < -0.4 is 0 Å². The van der Waals surface area contributed by atoms with Crippen molar-refractivity contribution >= 4 is 0 Å². The van der Waals surface area contributed by atoms with E-state index in [1.807, 2.05) is 0 Å². The molecule has 0 aliphatic heterocycles. The zero-order valence-electron chi connectivity index (χ0n) is 15.6. The Morgan fingerprint density at radius 3 is 1.92 bits per heavy atom. The minimum absolute atomic E-state index is 0.143. The molecule has 0 radical (unpaired) electrons. The quantitative estimate of drug-likeness (QED) is 0.653. The largest absolute Gasteiger partial charge is 0.392 e. The predicted molar refractivity (Wildman–Crippen MR) is 106 cm³/mol. The zero-order valence-corrected chi connectivity index (χ0v) is 15.6. The van der Waals surface area contributed by atoms with Crippen LogP contribution >= 0.6 is 0 Å². The molecule has 2 aromatic carbocycles. The lowest BCUT2D eigenvalue weighted by Crippen LogP contribution is -2.14. The summed E-state index contributed by atoms with van der Waals surface area (Å²) in [5, 5.41) is 9.12. The van der Waals surface area contributed by atoms with Crippen LogP contribution in [0.3, 0.4) is 0 Å². The average Bonchev–Trinajstić information content (AvgIpc) is 2.68. The zero-order chi connectivity index (χ0) is 17.5. The van der Waals surface area contributed by atoms with E-state index < -0.39 is 0 Å². The molecule has 0 amide bonds. The van der Waals surface area contributed by atoms with Gasteiger partial charge in [0.05, 0.1) is 6.61 Å². The molecule has 0 aromatic heterocycles. The standard InChI is InChI=1S/C24H32O/c1-2-3-19-10-14-23(15-11-19)24-16-12-21(13-17-24)5-4-20-6-8-22(18-25)9-7-20/h6-11,14-15,21,24-25H,2-5,12-13,16-18H2,1H3. The number of hydrogen-bond acceptors (Lipinski definition) is 1. The van der Waals surface area contributed by atoms with Crippen molar-refractivity contribution in [3.05, 3.63) is 70.8 Å². The Balaban J connectivity index is 1.44. The van der Waals surface area contributed by atoms with E-state index in [0.29, 0.717) is 0 Å². The van der Waals surface area contributed by atoms with Crippen LogP contribution in [-0.4, -0.2) is 5.11 Å². The molecule has 1 aliphatic carbocycles. The Kier molecular flexibility index (Phi) is 6.69. The van der Waals surface area contributed by atoms with E-state index in [2.05, 4.69) is 55.5 Å². The van der Waals surface area contributed by atoms with Crippen LogP contribution in [-0.2, 0) is 19.4 Å². The molecule has 2 aromatic rings. The molecular weight excluding hydrogens is 304 g/mol. The van der Waals surface area contributed by atoms with Crippen molar-refractivity contribution in [3.63, 3.8) is 0 Å². The van der Waals surface area contributed by atoms with Gasteiger partial charge in [-0.2, -0.15) is 0 Å². The molecule has 1 fully saturated rings. The van der Waals surface area contributed by atoms with Crippen molar-refractivity contribution in [1.29, 1.82) is 0 Å². The van der Waals surface area contributed by atoms with Crippen molar-refractivity contribution < 1.29 is 5.11 Å². The van der Waals surface area contributed by atoms with Crippen LogP contribution in [0.15, 0.2) is 48.5 Å². The number of hydrogen-bond donors (Lipinski definition) is 1. The molecule has 1 heteroatoms. The first-order valence-electron chi connectivity index (χ1n) is 10.1. The van der Waals surface area contributed by atoms with Crippen LogP contribution in [0.1, 0.15) is 73.6 Å². The lowest BCUT2D eigenvalue weighted by atomic mass is 9.77. The van der Waals surface area contributed by atoms with E-state index >= 15 is 0 Å². The summed E-state index contributed by atoms with van der Waals surface area (Å²) in [5.41, 5.74) is 5.45. The highest BCUT2D eigenvalue weighted by Crippen LogP contribution is 2.37. The molecule has 134 valence electrons. The van der Waals surface area contributed by atoms with E-state index in [1.54, 1.807) is 5.56 Å². The van der Waals surface area contributed by atoms with Gasteiger partial charge in [-0.15, -0.1) is 0 Å². The van der Waals surface area contributed by atoms with Crippen molar-refractivity contribution in [2.24, 2.45) is 5.92 Å². The summed E-state index contributed by atoms with van der Waals surface area (Å²) in [4.78, 5) is 0. The Morgan fingerprint density at radius 1 is 0.760 bits per heavy atom. The molecule has 25 heavy (non-hydrogen) atoms. The number of aliphatic hydroxyl groups excluding tert-OH is 1. The highest BCUT2D eigenvalue weighted by molar-refractivity contribution is 5.26. The minimum atomic E-state index is 0.143. The minimum Gasteiger partial charge on any atom is -0.392 e. The van der Waals surface area contributed by atoms with E-state index in [-0.39, 0.29) is 6.61 Å². The fourth-order valence-electron chi connectivity index (χ4n) is 4.21. The van der Waals surface area contributed by atoms with Crippen molar-refractivity contribution in [2.45, 2.75) is 70.8 Å². The maximum Gasteiger partial charge on any atom is 0.0681 e. The molecule has 1 nitrogen and oxygen atoms in total. The predicted octanol–water partition coefficient (Wildman–Crippen LogP) is 6.04. The van der Waals surface area contributed by atoms with Gasteiger partial charge in [-0.3, -0.25) is 0 Å².